The minimum atomic E-state index is -4.94. The predicted octanol–water partition coefficient (Wildman–Crippen LogP) is -8.68. The van der Waals surface area contributed by atoms with Crippen molar-refractivity contribution in [3.05, 3.63) is 46.6 Å². The van der Waals surface area contributed by atoms with E-state index in [-0.39, 0.29) is 0 Å². The number of rotatable bonds is 4. The van der Waals surface area contributed by atoms with E-state index in [9.17, 15) is 0 Å². The van der Waals surface area contributed by atoms with E-state index in [1.54, 1.807) is 0 Å². The molecule has 0 aliphatic carbocycles. The lowest BCUT2D eigenvalue weighted by Gasteiger charge is -2.17. The van der Waals surface area contributed by atoms with Gasteiger partial charge in [-0.1, -0.05) is 9.03 Å². The molecular weight excluding hydrogens is 539 g/mol. The first-order valence-corrected chi connectivity index (χ1v) is 13.0. The summed E-state index contributed by atoms with van der Waals surface area (Å²) in [6.07, 6.45) is 2.71. The summed E-state index contributed by atoms with van der Waals surface area (Å²) < 4.78 is 75.9. The average molecular weight is 565 g/mol. The van der Waals surface area contributed by atoms with Crippen LogP contribution in [0.25, 0.3) is 11.6 Å². The van der Waals surface area contributed by atoms with Crippen LogP contribution < -0.4 is 46.4 Å². The Bertz CT molecular complexity index is 1270. The topological polar surface area (TPSA) is 253 Å². The van der Waals surface area contributed by atoms with Crippen molar-refractivity contribution in [1.82, 2.24) is 29.2 Å². The molecule has 37 heavy (non-hydrogen) atoms. The number of hydrogen-bond donors (Lipinski definition) is 0. The van der Waals surface area contributed by atoms with Gasteiger partial charge in [-0.15, -0.1) is 30.5 Å². The van der Waals surface area contributed by atoms with Crippen molar-refractivity contribution in [2.75, 3.05) is 0 Å². The molecule has 0 fully saturated rings. The van der Waals surface area contributed by atoms with E-state index in [0.29, 0.717) is 0 Å². The van der Waals surface area contributed by atoms with Crippen LogP contribution in [0, 0.1) is 48.2 Å². The van der Waals surface area contributed by atoms with Crippen molar-refractivity contribution >= 4 is 11.6 Å². The molecule has 0 aliphatic heterocycles. The maximum atomic E-state index is 8.49. The largest absolute Gasteiger partial charge is 0.387 e. The molecule has 4 aromatic rings. The van der Waals surface area contributed by atoms with Crippen molar-refractivity contribution in [2.45, 2.75) is 47.0 Å². The molecule has 0 spiro atoms. The summed E-state index contributed by atoms with van der Waals surface area (Å²) in [4.78, 5) is 9.24. The minimum absolute atomic E-state index is 0.873. The Labute approximate surface area is 215 Å². The molecule has 0 aliphatic rings. The number of fused-ring (bicyclic) bond motifs is 2. The third kappa shape index (κ3) is 9.31. The summed E-state index contributed by atoms with van der Waals surface area (Å²) >= 11 is 0. The second kappa shape index (κ2) is 11.8. The van der Waals surface area contributed by atoms with Crippen LogP contribution >= 0.6 is 0 Å². The molecule has 0 bridgehead atoms. The predicted molar refractivity (Wildman–Crippen MR) is 99.3 cm³/mol. The quantitative estimate of drug-likeness (QED) is 0.209. The van der Waals surface area contributed by atoms with Gasteiger partial charge >= 0.3 is 11.6 Å². The first-order chi connectivity index (χ1) is 16.8. The van der Waals surface area contributed by atoms with Gasteiger partial charge in [0.05, 0.1) is 14.1 Å². The molecule has 0 N–H and O–H groups in total. The molecule has 0 radical (unpaired) electrons. The van der Waals surface area contributed by atoms with Gasteiger partial charge < -0.3 is 0 Å². The van der Waals surface area contributed by atoms with Crippen LogP contribution in [0.5, 0.6) is 0 Å². The summed E-state index contributed by atoms with van der Waals surface area (Å²) in [5.41, 5.74) is 4.22. The highest BCUT2D eigenvalue weighted by molar-refractivity contribution is 5.26. The fraction of sp³-hybridized carbons (Fsp3) is 0.474. The lowest BCUT2D eigenvalue weighted by Crippen LogP contribution is -2.68. The van der Waals surface area contributed by atoms with Crippen molar-refractivity contribution in [1.29, 1.82) is 0 Å². The molecule has 0 atom stereocenters. The van der Waals surface area contributed by atoms with Gasteiger partial charge in [0, 0.05) is 25.0 Å². The van der Waals surface area contributed by atoms with Crippen LogP contribution in [0.15, 0.2) is 12.1 Å². The van der Waals surface area contributed by atoms with Crippen LogP contribution in [-0.2, 0) is 26.9 Å². The minimum Gasteiger partial charge on any atom is -0.224 e. The molecule has 4 aromatic heterocycles. The van der Waals surface area contributed by atoms with Crippen molar-refractivity contribution in [2.24, 2.45) is 14.1 Å². The van der Waals surface area contributed by atoms with Gasteiger partial charge in [-0.25, -0.2) is 46.4 Å². The molecule has 0 amide bonds. The Morgan fingerprint density at radius 3 is 1.24 bits per heavy atom. The zero-order valence-electron chi connectivity index (χ0n) is 20.9. The van der Waals surface area contributed by atoms with Gasteiger partial charge in [-0.2, -0.15) is 0 Å². The number of nitrogens with zero attached hydrogens (tertiary/aromatic N) is 8. The summed E-state index contributed by atoms with van der Waals surface area (Å²) in [7, 11) is -5.82. The number of halogens is 2. The van der Waals surface area contributed by atoms with Crippen molar-refractivity contribution in [3.63, 3.8) is 0 Å². The Morgan fingerprint density at radius 1 is 0.649 bits per heavy atom. The highest BCUT2D eigenvalue weighted by atomic mass is 35.7. The summed E-state index contributed by atoms with van der Waals surface area (Å²) in [6.45, 7) is 8.15. The first kappa shape index (κ1) is 30.6. The molecule has 0 aromatic carbocycles. The van der Waals surface area contributed by atoms with E-state index in [4.69, 9.17) is 47.5 Å². The number of aromatic nitrogens is 8. The van der Waals surface area contributed by atoms with Crippen LogP contribution in [0.4, 0.5) is 0 Å². The average Bonchev–Trinajstić information content (AvgIpc) is 3.18. The van der Waals surface area contributed by atoms with Gasteiger partial charge in [0.2, 0.25) is 11.6 Å². The smallest absolute Gasteiger partial charge is 0.224 e. The summed E-state index contributed by atoms with van der Waals surface area (Å²) in [5, 5.41) is 9.49. The monoisotopic (exact) mass is 564 g/mol. The SMILES string of the molecule is Cc1cc(C)n2nc(CCCc3nn4c(C)cc(C)nc4[n+]3C)[n+](C)c2n1.[O-][Cl+3]([O-])([O-])[O-].[O-][Cl+3]([O-])([O-])[O-]. The van der Waals surface area contributed by atoms with Gasteiger partial charge in [-0.05, 0) is 44.3 Å². The summed E-state index contributed by atoms with van der Waals surface area (Å²) in [5.74, 6) is 3.84. The number of hydrogen-bond acceptors (Lipinski definition) is 12. The standard InChI is InChI=1S/C19H26N8.2ClHO4/c1-12-10-14(3)26-18(20-12)24(5)16(22-26)8-7-9-17-23-27-15(4)11-13(2)21-19(27)25(17)6;2*2-1(3,4)5/h10-11H,7-9H2,1-6H3;2*(H,2,3,4,5)/q+2;;/p-2. The van der Waals surface area contributed by atoms with Crippen molar-refractivity contribution in [3.8, 4) is 0 Å². The normalized spacial score (nSPS) is 11.8. The second-order valence-corrected chi connectivity index (χ2v) is 9.57. The third-order valence-electron chi connectivity index (χ3n) is 5.04. The molecular formula is C19H26Cl2N8O8. The first-order valence-electron chi connectivity index (χ1n) is 10.5. The Morgan fingerprint density at radius 2 is 0.946 bits per heavy atom. The zero-order chi connectivity index (χ0) is 28.3. The van der Waals surface area contributed by atoms with E-state index < -0.39 is 20.5 Å². The maximum absolute atomic E-state index is 8.49. The lowest BCUT2D eigenvalue weighted by molar-refractivity contribution is -2.00. The molecule has 0 unspecified atom stereocenters. The Balaban J connectivity index is 0.000000412. The Kier molecular flexibility index (Phi) is 9.77. The molecule has 4 heterocycles. The van der Waals surface area contributed by atoms with Crippen LogP contribution in [0.3, 0.4) is 0 Å². The van der Waals surface area contributed by atoms with E-state index in [1.165, 1.54) is 0 Å². The fourth-order valence-corrected chi connectivity index (χ4v) is 3.63. The fourth-order valence-electron chi connectivity index (χ4n) is 3.63. The summed E-state index contributed by atoms with van der Waals surface area (Å²) in [6, 6.07) is 4.11. The third-order valence-corrected chi connectivity index (χ3v) is 5.04. The van der Waals surface area contributed by atoms with Crippen LogP contribution in [0.2, 0.25) is 0 Å². The molecule has 0 saturated carbocycles. The van der Waals surface area contributed by atoms with E-state index in [0.717, 1.165) is 65.2 Å². The van der Waals surface area contributed by atoms with Gasteiger partial charge in [-0.3, -0.25) is 0 Å². The highest BCUT2D eigenvalue weighted by Crippen LogP contribution is 2.08. The van der Waals surface area contributed by atoms with Crippen molar-refractivity contribution < 1.29 is 66.9 Å². The molecule has 18 heteroatoms. The van der Waals surface area contributed by atoms with Gasteiger partial charge in [0.15, 0.2) is 0 Å². The highest BCUT2D eigenvalue weighted by Gasteiger charge is 2.22. The zero-order valence-corrected chi connectivity index (χ0v) is 22.4. The Hall–Kier alpha value is -2.64. The molecule has 0 saturated heterocycles. The van der Waals surface area contributed by atoms with Crippen LogP contribution in [-0.4, -0.2) is 29.2 Å². The van der Waals surface area contributed by atoms with Gasteiger partial charge in [0.25, 0.3) is 0 Å². The van der Waals surface area contributed by atoms with Crippen LogP contribution in [0.1, 0.15) is 40.8 Å². The van der Waals surface area contributed by atoms with Gasteiger partial charge in [0.1, 0.15) is 22.8 Å². The number of aryl methyl sites for hydroxylation is 8. The molecule has 4 rings (SSSR count). The molecule has 16 nitrogen and oxygen atoms in total. The maximum Gasteiger partial charge on any atom is 0.387 e. The van der Waals surface area contributed by atoms with E-state index in [2.05, 4.69) is 45.1 Å². The second-order valence-electron chi connectivity index (χ2n) is 8.06. The molecule has 204 valence electrons. The van der Waals surface area contributed by atoms with E-state index in [1.807, 2.05) is 37.0 Å². The lowest BCUT2D eigenvalue weighted by atomic mass is 10.2. The van der Waals surface area contributed by atoms with E-state index >= 15 is 0 Å².